The molecule has 1 aliphatic rings. The third-order valence-corrected chi connectivity index (χ3v) is 2.48. The average molecular weight is 181 g/mol. The van der Waals surface area contributed by atoms with Crippen molar-refractivity contribution in [2.75, 3.05) is 6.54 Å². The highest BCUT2D eigenvalue weighted by Gasteiger charge is 2.31. The van der Waals surface area contributed by atoms with Gasteiger partial charge < -0.3 is 11.1 Å². The summed E-state index contributed by atoms with van der Waals surface area (Å²) in [7, 11) is 0. The fraction of sp³-hybridized carbons (Fsp3) is 0.778. The van der Waals surface area contributed by atoms with Gasteiger partial charge in [0.15, 0.2) is 0 Å². The summed E-state index contributed by atoms with van der Waals surface area (Å²) in [5, 5.41) is 10.7. The Labute approximate surface area is 78.1 Å². The van der Waals surface area contributed by atoms with E-state index >= 15 is 0 Å². The monoisotopic (exact) mass is 181 g/mol. The predicted octanol–water partition coefficient (Wildman–Crippen LogP) is 0.288. The van der Waals surface area contributed by atoms with E-state index in [1.807, 2.05) is 6.07 Å². The Morgan fingerprint density at radius 2 is 2.15 bits per heavy atom. The third-order valence-electron chi connectivity index (χ3n) is 2.48. The first-order chi connectivity index (χ1) is 6.16. The Balaban J connectivity index is 2.31. The van der Waals surface area contributed by atoms with Crippen molar-refractivity contribution in [3.05, 3.63) is 0 Å². The number of carbonyl (C=O) groups is 1. The van der Waals surface area contributed by atoms with E-state index in [0.29, 0.717) is 6.42 Å². The molecule has 1 saturated carbocycles. The SMILES string of the molecule is N#CCNC(=O)CC1(N)CCCC1. The summed E-state index contributed by atoms with van der Waals surface area (Å²) in [6, 6.07) is 1.86. The zero-order chi connectivity index (χ0) is 9.73. The summed E-state index contributed by atoms with van der Waals surface area (Å²) in [5.74, 6) is -0.106. The molecule has 13 heavy (non-hydrogen) atoms. The Hall–Kier alpha value is -1.08. The van der Waals surface area contributed by atoms with Crippen LogP contribution >= 0.6 is 0 Å². The summed E-state index contributed by atoms with van der Waals surface area (Å²) in [6.45, 7) is 0.0783. The number of rotatable bonds is 3. The fourth-order valence-electron chi connectivity index (χ4n) is 1.78. The predicted molar refractivity (Wildman–Crippen MR) is 48.6 cm³/mol. The molecule has 0 aromatic rings. The number of carbonyl (C=O) groups excluding carboxylic acids is 1. The Morgan fingerprint density at radius 1 is 1.54 bits per heavy atom. The molecule has 1 fully saturated rings. The molecular formula is C9H15N3O. The van der Waals surface area contributed by atoms with Gasteiger partial charge in [-0.25, -0.2) is 0 Å². The topological polar surface area (TPSA) is 78.9 Å². The second-order valence-corrected chi connectivity index (χ2v) is 3.68. The van der Waals surface area contributed by atoms with Gasteiger partial charge in [0.05, 0.1) is 6.07 Å². The highest BCUT2D eigenvalue weighted by atomic mass is 16.1. The van der Waals surface area contributed by atoms with Gasteiger partial charge in [-0.05, 0) is 12.8 Å². The van der Waals surface area contributed by atoms with Gasteiger partial charge in [-0.15, -0.1) is 0 Å². The standard InChI is InChI=1S/C9H15N3O/c10-5-6-12-8(13)7-9(11)3-1-2-4-9/h1-4,6-7,11H2,(H,12,13). The lowest BCUT2D eigenvalue weighted by atomic mass is 9.94. The summed E-state index contributed by atoms with van der Waals surface area (Å²) >= 11 is 0. The molecule has 1 rings (SSSR count). The van der Waals surface area contributed by atoms with Crippen LogP contribution in [0.15, 0.2) is 0 Å². The maximum absolute atomic E-state index is 11.2. The van der Waals surface area contributed by atoms with E-state index in [4.69, 9.17) is 11.0 Å². The first-order valence-electron chi connectivity index (χ1n) is 4.59. The molecule has 0 bridgehead atoms. The van der Waals surface area contributed by atoms with Crippen LogP contribution in [0.5, 0.6) is 0 Å². The molecule has 4 nitrogen and oxygen atoms in total. The van der Waals surface area contributed by atoms with Crippen molar-refractivity contribution in [1.29, 1.82) is 5.26 Å². The second-order valence-electron chi connectivity index (χ2n) is 3.68. The maximum Gasteiger partial charge on any atom is 0.222 e. The zero-order valence-corrected chi connectivity index (χ0v) is 7.68. The van der Waals surface area contributed by atoms with E-state index < -0.39 is 0 Å². The van der Waals surface area contributed by atoms with Crippen molar-refractivity contribution in [2.24, 2.45) is 5.73 Å². The third kappa shape index (κ3) is 3.03. The number of nitrogens with one attached hydrogen (secondary N) is 1. The largest absolute Gasteiger partial charge is 0.343 e. The summed E-state index contributed by atoms with van der Waals surface area (Å²) in [5.41, 5.74) is 5.68. The normalized spacial score (nSPS) is 19.4. The van der Waals surface area contributed by atoms with Crippen LogP contribution in [0.2, 0.25) is 0 Å². The molecule has 3 N–H and O–H groups in total. The van der Waals surface area contributed by atoms with Crippen LogP contribution in [0.25, 0.3) is 0 Å². The molecule has 0 spiro atoms. The van der Waals surface area contributed by atoms with Crippen molar-refractivity contribution >= 4 is 5.91 Å². The van der Waals surface area contributed by atoms with Gasteiger partial charge >= 0.3 is 0 Å². The Kier molecular flexibility index (Phi) is 3.26. The van der Waals surface area contributed by atoms with Gasteiger partial charge in [0.1, 0.15) is 6.54 Å². The lowest BCUT2D eigenvalue weighted by molar-refractivity contribution is -0.122. The van der Waals surface area contributed by atoms with E-state index in [-0.39, 0.29) is 18.0 Å². The van der Waals surface area contributed by atoms with E-state index in [1.54, 1.807) is 0 Å². The highest BCUT2D eigenvalue weighted by Crippen LogP contribution is 2.29. The average Bonchev–Trinajstić information content (AvgIpc) is 2.48. The quantitative estimate of drug-likeness (QED) is 0.614. The molecule has 0 atom stereocenters. The van der Waals surface area contributed by atoms with Crippen LogP contribution in [0.1, 0.15) is 32.1 Å². The first kappa shape index (κ1) is 10.0. The van der Waals surface area contributed by atoms with Crippen LogP contribution < -0.4 is 11.1 Å². The van der Waals surface area contributed by atoms with Crippen LogP contribution in [-0.4, -0.2) is 18.0 Å². The molecular weight excluding hydrogens is 166 g/mol. The molecule has 4 heteroatoms. The highest BCUT2D eigenvalue weighted by molar-refractivity contribution is 5.77. The van der Waals surface area contributed by atoms with E-state index in [1.165, 1.54) is 0 Å². The minimum Gasteiger partial charge on any atom is -0.343 e. The molecule has 0 heterocycles. The molecule has 72 valence electrons. The van der Waals surface area contributed by atoms with Crippen LogP contribution in [0.3, 0.4) is 0 Å². The fourth-order valence-corrected chi connectivity index (χ4v) is 1.78. The maximum atomic E-state index is 11.2. The van der Waals surface area contributed by atoms with Gasteiger partial charge in [-0.3, -0.25) is 4.79 Å². The molecule has 1 amide bonds. The number of hydrogen-bond acceptors (Lipinski definition) is 3. The van der Waals surface area contributed by atoms with Crippen molar-refractivity contribution < 1.29 is 4.79 Å². The zero-order valence-electron chi connectivity index (χ0n) is 7.68. The van der Waals surface area contributed by atoms with Gasteiger partial charge in [0.2, 0.25) is 5.91 Å². The Morgan fingerprint density at radius 3 is 2.69 bits per heavy atom. The lowest BCUT2D eigenvalue weighted by Gasteiger charge is -2.21. The number of nitrogens with zero attached hydrogens (tertiary/aromatic N) is 1. The van der Waals surface area contributed by atoms with Crippen molar-refractivity contribution in [1.82, 2.24) is 5.32 Å². The number of hydrogen-bond donors (Lipinski definition) is 2. The molecule has 0 aliphatic heterocycles. The van der Waals surface area contributed by atoms with Crippen molar-refractivity contribution in [3.63, 3.8) is 0 Å². The second kappa shape index (κ2) is 4.24. The molecule has 0 radical (unpaired) electrons. The Bertz CT molecular complexity index is 226. The van der Waals surface area contributed by atoms with E-state index in [2.05, 4.69) is 5.32 Å². The molecule has 0 aromatic heterocycles. The number of amides is 1. The summed E-state index contributed by atoms with van der Waals surface area (Å²) in [4.78, 5) is 11.2. The molecule has 1 aliphatic carbocycles. The van der Waals surface area contributed by atoms with E-state index in [0.717, 1.165) is 25.7 Å². The summed E-state index contributed by atoms with van der Waals surface area (Å²) < 4.78 is 0. The van der Waals surface area contributed by atoms with Crippen molar-refractivity contribution in [3.8, 4) is 6.07 Å². The van der Waals surface area contributed by atoms with Crippen LogP contribution in [-0.2, 0) is 4.79 Å². The van der Waals surface area contributed by atoms with Crippen LogP contribution in [0.4, 0.5) is 0 Å². The number of nitriles is 1. The first-order valence-corrected chi connectivity index (χ1v) is 4.59. The van der Waals surface area contributed by atoms with Gasteiger partial charge in [-0.2, -0.15) is 5.26 Å². The molecule has 0 unspecified atom stereocenters. The molecule has 0 aromatic carbocycles. The lowest BCUT2D eigenvalue weighted by Crippen LogP contribution is -2.42. The van der Waals surface area contributed by atoms with Gasteiger partial charge in [0, 0.05) is 12.0 Å². The van der Waals surface area contributed by atoms with Crippen LogP contribution in [0, 0.1) is 11.3 Å². The van der Waals surface area contributed by atoms with Crippen molar-refractivity contribution in [2.45, 2.75) is 37.6 Å². The molecule has 0 saturated heterocycles. The van der Waals surface area contributed by atoms with Gasteiger partial charge in [-0.1, -0.05) is 12.8 Å². The van der Waals surface area contributed by atoms with Gasteiger partial charge in [0.25, 0.3) is 0 Å². The smallest absolute Gasteiger partial charge is 0.222 e. The minimum atomic E-state index is -0.306. The van der Waals surface area contributed by atoms with E-state index in [9.17, 15) is 4.79 Å². The minimum absolute atomic E-state index is 0.0783. The summed E-state index contributed by atoms with van der Waals surface area (Å²) in [6.07, 6.45) is 4.43. The number of nitrogens with two attached hydrogens (primary N) is 1.